The highest BCUT2D eigenvalue weighted by atomic mass is 35.5. The molecule has 0 aliphatic carbocycles. The minimum Gasteiger partial charge on any atom is -0.497 e. The van der Waals surface area contributed by atoms with Gasteiger partial charge in [0.15, 0.2) is 0 Å². The minimum absolute atomic E-state index is 0.0568. The van der Waals surface area contributed by atoms with E-state index in [1.54, 1.807) is 31.4 Å². The van der Waals surface area contributed by atoms with Crippen LogP contribution in [0.4, 0.5) is 0 Å². The van der Waals surface area contributed by atoms with Crippen molar-refractivity contribution in [1.82, 2.24) is 9.71 Å². The molecule has 1 heterocycles. The summed E-state index contributed by atoms with van der Waals surface area (Å²) >= 11 is 5.62. The van der Waals surface area contributed by atoms with Crippen LogP contribution < -0.4 is 14.2 Å². The molecule has 118 valence electrons. The zero-order valence-electron chi connectivity index (χ0n) is 11.8. The molecule has 6 nitrogen and oxygen atoms in total. The highest BCUT2D eigenvalue weighted by Gasteiger charge is 2.13. The van der Waals surface area contributed by atoms with E-state index in [0.29, 0.717) is 5.75 Å². The Balaban J connectivity index is 1.83. The lowest BCUT2D eigenvalue weighted by Gasteiger charge is -2.09. The van der Waals surface area contributed by atoms with Crippen molar-refractivity contribution in [2.75, 3.05) is 20.3 Å². The molecule has 0 radical (unpaired) electrons. The standard InChI is InChI=1S/C14H15ClN2O4S/c1-20-11-2-4-12(5-3-11)21-9-8-17-22(18,19)13-6-7-14(15)16-10-13/h2-7,10,17H,8-9H2,1H3. The first-order valence-corrected chi connectivity index (χ1v) is 8.25. The summed E-state index contributed by atoms with van der Waals surface area (Å²) in [4.78, 5) is 3.80. The van der Waals surface area contributed by atoms with Crippen molar-refractivity contribution in [2.45, 2.75) is 4.90 Å². The minimum atomic E-state index is -3.61. The predicted octanol–water partition coefficient (Wildman–Crippen LogP) is 2.10. The lowest BCUT2D eigenvalue weighted by atomic mass is 10.3. The summed E-state index contributed by atoms with van der Waals surface area (Å²) < 4.78 is 36.8. The molecule has 1 aromatic carbocycles. The predicted molar refractivity (Wildman–Crippen MR) is 82.9 cm³/mol. The van der Waals surface area contributed by atoms with Gasteiger partial charge in [0, 0.05) is 12.7 Å². The number of hydrogen-bond acceptors (Lipinski definition) is 5. The van der Waals surface area contributed by atoms with Gasteiger partial charge < -0.3 is 9.47 Å². The van der Waals surface area contributed by atoms with Crippen LogP contribution in [-0.4, -0.2) is 33.7 Å². The molecule has 0 bridgehead atoms. The molecule has 22 heavy (non-hydrogen) atoms. The number of aromatic nitrogens is 1. The first-order valence-electron chi connectivity index (χ1n) is 6.39. The average molecular weight is 343 g/mol. The van der Waals surface area contributed by atoms with Crippen LogP contribution in [0.25, 0.3) is 0 Å². The lowest BCUT2D eigenvalue weighted by molar-refractivity contribution is 0.322. The number of pyridine rings is 1. The van der Waals surface area contributed by atoms with E-state index in [1.807, 2.05) is 0 Å². The van der Waals surface area contributed by atoms with Gasteiger partial charge in [-0.05, 0) is 36.4 Å². The van der Waals surface area contributed by atoms with Gasteiger partial charge in [-0.1, -0.05) is 11.6 Å². The van der Waals surface area contributed by atoms with Crippen LogP contribution in [0.2, 0.25) is 5.15 Å². The zero-order chi connectivity index (χ0) is 16.0. The highest BCUT2D eigenvalue weighted by molar-refractivity contribution is 7.89. The second kappa shape index (κ2) is 7.44. The maximum absolute atomic E-state index is 12.0. The summed E-state index contributed by atoms with van der Waals surface area (Å²) in [7, 11) is -2.03. The van der Waals surface area contributed by atoms with E-state index in [9.17, 15) is 8.42 Å². The molecular formula is C14H15ClN2O4S. The molecule has 0 aliphatic heterocycles. The SMILES string of the molecule is COc1ccc(OCCNS(=O)(=O)c2ccc(Cl)nc2)cc1. The van der Waals surface area contributed by atoms with Gasteiger partial charge in [-0.15, -0.1) is 0 Å². The quantitative estimate of drug-likeness (QED) is 0.616. The van der Waals surface area contributed by atoms with Crippen molar-refractivity contribution in [2.24, 2.45) is 0 Å². The molecule has 8 heteroatoms. The second-order valence-corrected chi connectivity index (χ2v) is 6.39. The summed E-state index contributed by atoms with van der Waals surface area (Å²) in [5, 5.41) is 0.238. The van der Waals surface area contributed by atoms with Crippen molar-refractivity contribution in [3.8, 4) is 11.5 Å². The second-order valence-electron chi connectivity index (χ2n) is 4.24. The Labute approximate surface area is 134 Å². The van der Waals surface area contributed by atoms with Gasteiger partial charge in [0.05, 0.1) is 7.11 Å². The number of rotatable bonds is 7. The molecule has 0 saturated carbocycles. The molecule has 0 spiro atoms. The third-order valence-corrected chi connectivity index (χ3v) is 4.40. The monoisotopic (exact) mass is 342 g/mol. The van der Waals surface area contributed by atoms with Crippen LogP contribution >= 0.6 is 11.6 Å². The molecule has 0 saturated heterocycles. The molecule has 1 aromatic heterocycles. The summed E-state index contributed by atoms with van der Waals surface area (Å²) in [6, 6.07) is 9.83. The molecule has 2 aromatic rings. The van der Waals surface area contributed by atoms with Gasteiger partial charge in [0.25, 0.3) is 0 Å². The van der Waals surface area contributed by atoms with E-state index >= 15 is 0 Å². The molecule has 2 rings (SSSR count). The van der Waals surface area contributed by atoms with Crippen LogP contribution in [0, 0.1) is 0 Å². The maximum Gasteiger partial charge on any atom is 0.242 e. The highest BCUT2D eigenvalue weighted by Crippen LogP contribution is 2.16. The van der Waals surface area contributed by atoms with E-state index in [-0.39, 0.29) is 23.2 Å². The Hall–Kier alpha value is -1.83. The van der Waals surface area contributed by atoms with Crippen LogP contribution in [0.5, 0.6) is 11.5 Å². The summed E-state index contributed by atoms with van der Waals surface area (Å²) in [6.07, 6.45) is 1.20. The van der Waals surface area contributed by atoms with Crippen LogP contribution in [0.3, 0.4) is 0 Å². The molecule has 0 fully saturated rings. The molecule has 0 unspecified atom stereocenters. The Morgan fingerprint density at radius 3 is 2.41 bits per heavy atom. The Morgan fingerprint density at radius 2 is 1.82 bits per heavy atom. The van der Waals surface area contributed by atoms with E-state index < -0.39 is 10.0 Å². The Kier molecular flexibility index (Phi) is 5.59. The Bertz CT molecular complexity index is 703. The number of nitrogens with one attached hydrogen (secondary N) is 1. The third-order valence-electron chi connectivity index (χ3n) is 2.73. The third kappa shape index (κ3) is 4.59. The summed E-state index contributed by atoms with van der Waals surface area (Å²) in [5.74, 6) is 1.36. The first-order chi connectivity index (χ1) is 10.5. The summed E-state index contributed by atoms with van der Waals surface area (Å²) in [5.41, 5.74) is 0. The molecule has 0 amide bonds. The first kappa shape index (κ1) is 16.5. The van der Waals surface area contributed by atoms with Crippen molar-refractivity contribution in [3.63, 3.8) is 0 Å². The molecule has 0 aliphatic rings. The average Bonchev–Trinajstić information content (AvgIpc) is 2.52. The number of ether oxygens (including phenoxy) is 2. The van der Waals surface area contributed by atoms with Crippen molar-refractivity contribution in [1.29, 1.82) is 0 Å². The largest absolute Gasteiger partial charge is 0.497 e. The van der Waals surface area contributed by atoms with E-state index in [0.717, 1.165) is 5.75 Å². The number of halogens is 1. The van der Waals surface area contributed by atoms with Crippen LogP contribution in [0.1, 0.15) is 0 Å². The van der Waals surface area contributed by atoms with Gasteiger partial charge in [-0.3, -0.25) is 0 Å². The summed E-state index contributed by atoms with van der Waals surface area (Å²) in [6.45, 7) is 0.337. The van der Waals surface area contributed by atoms with Crippen LogP contribution in [-0.2, 0) is 10.0 Å². The van der Waals surface area contributed by atoms with Gasteiger partial charge in [-0.25, -0.2) is 18.1 Å². The number of nitrogens with zero attached hydrogens (tertiary/aromatic N) is 1. The fourth-order valence-corrected chi connectivity index (χ4v) is 2.69. The topological polar surface area (TPSA) is 77.5 Å². The lowest BCUT2D eigenvalue weighted by Crippen LogP contribution is -2.28. The normalized spacial score (nSPS) is 11.2. The molecule has 0 atom stereocenters. The van der Waals surface area contributed by atoms with Crippen molar-refractivity contribution < 1.29 is 17.9 Å². The van der Waals surface area contributed by atoms with Crippen LogP contribution in [0.15, 0.2) is 47.5 Å². The van der Waals surface area contributed by atoms with Gasteiger partial charge >= 0.3 is 0 Å². The van der Waals surface area contributed by atoms with Gasteiger partial charge in [0.2, 0.25) is 10.0 Å². The number of hydrogen-bond donors (Lipinski definition) is 1. The number of benzene rings is 1. The van der Waals surface area contributed by atoms with E-state index in [4.69, 9.17) is 21.1 Å². The Morgan fingerprint density at radius 1 is 1.14 bits per heavy atom. The van der Waals surface area contributed by atoms with Crippen molar-refractivity contribution >= 4 is 21.6 Å². The van der Waals surface area contributed by atoms with E-state index in [1.165, 1.54) is 18.3 Å². The number of sulfonamides is 1. The molecule has 1 N–H and O–H groups in total. The van der Waals surface area contributed by atoms with Gasteiger partial charge in [0.1, 0.15) is 28.2 Å². The zero-order valence-corrected chi connectivity index (χ0v) is 13.4. The number of methoxy groups -OCH3 is 1. The van der Waals surface area contributed by atoms with Crippen molar-refractivity contribution in [3.05, 3.63) is 47.7 Å². The fraction of sp³-hybridized carbons (Fsp3) is 0.214. The van der Waals surface area contributed by atoms with Gasteiger partial charge in [-0.2, -0.15) is 0 Å². The van der Waals surface area contributed by atoms with E-state index in [2.05, 4.69) is 9.71 Å². The molecular weight excluding hydrogens is 328 g/mol. The fourth-order valence-electron chi connectivity index (χ4n) is 1.62. The smallest absolute Gasteiger partial charge is 0.242 e. The maximum atomic E-state index is 12.0.